The first-order valence-corrected chi connectivity index (χ1v) is 40.3. The molecule has 8 aliphatic heterocycles. The number of carboxylic acid groups (broad SMARTS) is 1. The molecule has 8 saturated heterocycles. The van der Waals surface area contributed by atoms with Crippen molar-refractivity contribution in [3.8, 4) is 0 Å². The molecule has 5 aliphatic carbocycles. The van der Waals surface area contributed by atoms with Crippen LogP contribution in [0.3, 0.4) is 0 Å². The topological polar surface area (TPSA) is 644 Å². The number of aliphatic hydroxyl groups excluding tert-OH is 20. The summed E-state index contributed by atoms with van der Waals surface area (Å²) in [5.74, 6) is -4.29. The smallest absolute Gasteiger partial charge is 0.335 e. The van der Waals surface area contributed by atoms with Gasteiger partial charge < -0.3 is 193 Å². The molecule has 0 aromatic carbocycles. The number of aldehydes is 1. The minimum Gasteiger partial charge on any atom is -0.479 e. The number of aliphatic hydroxyl groups is 21. The molecule has 8 heterocycles. The van der Waals surface area contributed by atoms with E-state index in [1.54, 1.807) is 6.92 Å². The molecular formula is C76H120O41. The quantitative estimate of drug-likeness (QED) is 0.0220. The molecule has 4 saturated carbocycles. The number of hydrogen-bond acceptors (Lipinski definition) is 40. The fraction of sp³-hybridized carbons (Fsp3) is 0.934. The highest BCUT2D eigenvalue weighted by molar-refractivity contribution is 5.80. The van der Waals surface area contributed by atoms with Gasteiger partial charge in [-0.1, -0.05) is 53.2 Å². The fourth-order valence-corrected chi connectivity index (χ4v) is 21.7. The van der Waals surface area contributed by atoms with Gasteiger partial charge in [0.25, 0.3) is 0 Å². The molecule has 13 aliphatic rings. The molecule has 47 atom stereocenters. The average molecular weight is 1690 g/mol. The van der Waals surface area contributed by atoms with E-state index >= 15 is 4.79 Å². The Morgan fingerprint density at radius 2 is 1.01 bits per heavy atom. The summed E-state index contributed by atoms with van der Waals surface area (Å²) in [6, 6.07) is 0. The van der Waals surface area contributed by atoms with E-state index in [1.807, 2.05) is 13.8 Å². The van der Waals surface area contributed by atoms with Crippen LogP contribution in [0.15, 0.2) is 11.6 Å². The minimum atomic E-state index is -2.25. The van der Waals surface area contributed by atoms with Crippen molar-refractivity contribution in [1.29, 1.82) is 0 Å². The Kier molecular flexibility index (Phi) is 26.9. The normalized spacial score (nSPS) is 55.2. The van der Waals surface area contributed by atoms with Crippen molar-refractivity contribution in [3.05, 3.63) is 11.6 Å². The van der Waals surface area contributed by atoms with Crippen LogP contribution in [0.25, 0.3) is 0 Å². The number of hydrogen-bond donors (Lipinski definition) is 22. The fourth-order valence-electron chi connectivity index (χ4n) is 21.7. The van der Waals surface area contributed by atoms with Gasteiger partial charge in [0.15, 0.2) is 56.2 Å². The summed E-state index contributed by atoms with van der Waals surface area (Å²) >= 11 is 0. The van der Waals surface area contributed by atoms with Crippen LogP contribution in [0.4, 0.5) is 0 Å². The van der Waals surface area contributed by atoms with Gasteiger partial charge in [0.2, 0.25) is 6.29 Å². The maximum atomic E-state index is 16.0. The van der Waals surface area contributed by atoms with Crippen molar-refractivity contribution in [2.24, 2.45) is 50.2 Å². The zero-order chi connectivity index (χ0) is 85.5. The number of carbonyl (C=O) groups is 3. The summed E-state index contributed by atoms with van der Waals surface area (Å²) in [6.07, 6.45) is -65.1. The molecule has 22 N–H and O–H groups in total. The number of ether oxygens (including phenoxy) is 16. The lowest BCUT2D eigenvalue weighted by molar-refractivity contribution is -0.396. The van der Waals surface area contributed by atoms with Crippen LogP contribution in [-0.4, -0.2) is 403 Å². The van der Waals surface area contributed by atoms with E-state index in [0.717, 1.165) is 11.9 Å². The molecule has 0 amide bonds. The zero-order valence-corrected chi connectivity index (χ0v) is 66.3. The van der Waals surface area contributed by atoms with E-state index in [4.69, 9.17) is 75.8 Å². The molecule has 0 unspecified atom stereocenters. The number of carbonyl (C=O) groups excluding carboxylic acids is 2. The van der Waals surface area contributed by atoms with Crippen LogP contribution in [0, 0.1) is 50.2 Å². The average Bonchev–Trinajstić information content (AvgIpc) is 0.909. The third kappa shape index (κ3) is 15.8. The summed E-state index contributed by atoms with van der Waals surface area (Å²) < 4.78 is 96.9. The van der Waals surface area contributed by atoms with Crippen molar-refractivity contribution in [2.45, 2.75) is 359 Å². The molecule has 0 spiro atoms. The zero-order valence-electron chi connectivity index (χ0n) is 66.3. The Morgan fingerprint density at radius 1 is 0.487 bits per heavy atom. The van der Waals surface area contributed by atoms with Crippen LogP contribution < -0.4 is 0 Å². The number of allylic oxidation sites excluding steroid dienone is 2. The summed E-state index contributed by atoms with van der Waals surface area (Å²) in [5, 5.41) is 245. The Morgan fingerprint density at radius 3 is 1.59 bits per heavy atom. The van der Waals surface area contributed by atoms with Crippen molar-refractivity contribution in [3.63, 3.8) is 0 Å². The lowest BCUT2D eigenvalue weighted by Gasteiger charge is -2.71. The molecule has 41 nitrogen and oxygen atoms in total. The second kappa shape index (κ2) is 34.3. The second-order valence-corrected chi connectivity index (χ2v) is 36.5. The minimum absolute atomic E-state index is 0.0160. The van der Waals surface area contributed by atoms with Gasteiger partial charge in [-0.15, -0.1) is 0 Å². The van der Waals surface area contributed by atoms with Gasteiger partial charge in [0, 0.05) is 0 Å². The van der Waals surface area contributed by atoms with Gasteiger partial charge in [-0.3, -0.25) is 4.79 Å². The Labute approximate surface area is 672 Å². The number of esters is 1. The summed E-state index contributed by atoms with van der Waals surface area (Å²) in [6.45, 7) is 12.1. The number of carboxylic acids is 1. The largest absolute Gasteiger partial charge is 0.479 e. The number of fused-ring (bicyclic) bond motifs is 7. The molecule has 0 radical (unpaired) electrons. The van der Waals surface area contributed by atoms with Crippen molar-refractivity contribution in [1.82, 2.24) is 0 Å². The predicted molar refractivity (Wildman–Crippen MR) is 379 cm³/mol. The van der Waals surface area contributed by atoms with Gasteiger partial charge in [0.05, 0.1) is 69.0 Å². The Hall–Kier alpha value is -3.09. The predicted octanol–water partition coefficient (Wildman–Crippen LogP) is -8.13. The third-order valence-corrected chi connectivity index (χ3v) is 29.1. The maximum Gasteiger partial charge on any atom is 0.335 e. The summed E-state index contributed by atoms with van der Waals surface area (Å²) in [7, 11) is 0. The molecular weight excluding hydrogens is 1570 g/mol. The Bertz CT molecular complexity index is 3470. The molecule has 0 bridgehead atoms. The van der Waals surface area contributed by atoms with E-state index < -0.39 is 328 Å². The molecule has 41 heteroatoms. The summed E-state index contributed by atoms with van der Waals surface area (Å²) in [4.78, 5) is 43.5. The van der Waals surface area contributed by atoms with Crippen LogP contribution in [-0.2, 0) is 90.2 Å². The van der Waals surface area contributed by atoms with Crippen molar-refractivity contribution in [2.75, 3.05) is 33.0 Å². The number of aliphatic carboxylic acids is 1. The van der Waals surface area contributed by atoms with Crippen molar-refractivity contribution >= 4 is 18.2 Å². The maximum absolute atomic E-state index is 16.0. The van der Waals surface area contributed by atoms with Crippen LogP contribution in [0.2, 0.25) is 0 Å². The highest BCUT2D eigenvalue weighted by atomic mass is 16.8. The highest BCUT2D eigenvalue weighted by Gasteiger charge is 2.74. The van der Waals surface area contributed by atoms with Gasteiger partial charge in [-0.2, -0.15) is 0 Å². The van der Waals surface area contributed by atoms with Gasteiger partial charge in [-0.25, -0.2) is 4.79 Å². The molecule has 0 aromatic heterocycles. The van der Waals surface area contributed by atoms with Crippen molar-refractivity contribution < 1.29 is 203 Å². The van der Waals surface area contributed by atoms with Crippen LogP contribution >= 0.6 is 0 Å². The van der Waals surface area contributed by atoms with Gasteiger partial charge >= 0.3 is 11.9 Å². The molecule has 117 heavy (non-hydrogen) atoms. The molecule has 0 aromatic rings. The lowest BCUT2D eigenvalue weighted by atomic mass is 9.33. The first kappa shape index (κ1) is 91.6. The Balaban J connectivity index is 0.764. The number of rotatable bonds is 21. The SMILES string of the molecule is C[C@@H]1O[C@@H](O[C@H]2[C@H](O)[C@@H](C(=O)O)O[C@@H](O[C@H]3CC[C@]4(C)[C@H]5CC=C6[C@@H]7CC(C)(C)CC[C@]7(C(=O)O[C@@H]7O[C@H](C)[C@H](O)[C@H](O)[C@H]7O[C@@H]7O[C@@H](C)[C@H](O[C@@H]8OC[C@@H](O)[C@H](O[C@@H]9OC[C@](O)(CO)[C@H]9O)[C@H]8O)[C@@H](O[C@@H]8O[C@H](CO)[C@@H](O)[C@H](O)[C@H]8O)[C@H]7O)[C@H](O)C[C@@]6(C)[C@]5(C)CC[C@H]4[C@]3(C)C=O)[C@@H]2O[C@@H]2O[C@H](CO)[C@H](O)[C@H](O)[C@H]2O)[C@H](O)[C@H](O)[C@H]1O. The highest BCUT2D eigenvalue weighted by Crippen LogP contribution is 2.76. The molecule has 13 rings (SSSR count). The first-order chi connectivity index (χ1) is 54.8. The van der Waals surface area contributed by atoms with E-state index in [2.05, 4.69) is 26.8 Å². The van der Waals surface area contributed by atoms with E-state index in [1.165, 1.54) is 20.8 Å². The second-order valence-electron chi connectivity index (χ2n) is 36.5. The first-order valence-electron chi connectivity index (χ1n) is 40.3. The monoisotopic (exact) mass is 1690 g/mol. The van der Waals surface area contributed by atoms with Crippen LogP contribution in [0.5, 0.6) is 0 Å². The standard InChI is InChI=1S/C76H120O41/c1-26-38(83)42(87)46(91)62(104-26)112-54-49(94)56(60(98)99)114-67(58(54)116-64-48(93)44(89)41(86)33(21-78)108-64)109-37-13-14-71(6)34(72(37,7)23-79)12-15-73(8)35(71)11-10-29-30-18-70(4,5)16-17-76(30,36(82)19-74(29,73)9)69(100)117-66-57(45(90)39(84)27(2)105-66)115-65-51(96)55(113-63-47(92)43(88)40(85)32(20-77)107-63)52(28(3)106-65)110-61-50(95)53(31(81)22-102-61)111-68-59(97)75(101,24-80)25-103-68/h10,23,26-28,30-59,61-68,77-78,80-97,101H,11-22,24-25H2,1-9H3,(H,98,99)/t26-,27+,28-,30-,31+,32+,33+,34+,35+,36+,37-,38-,39-,40+,41-,42+,43-,44-,45-,46+,47+,48+,49-,50+,51+,52-,53-,54-,55-,56-,57+,58+,59-,61-,62-,63-,64-,65-,66-,67+,68-,71-,72-,73+,74+,75+,76+/m0/s1. The third-order valence-electron chi connectivity index (χ3n) is 29.1. The summed E-state index contributed by atoms with van der Waals surface area (Å²) in [5.41, 5.74) is -7.39. The van der Waals surface area contributed by atoms with E-state index in [-0.39, 0.29) is 25.2 Å². The molecule has 12 fully saturated rings. The van der Waals surface area contributed by atoms with Gasteiger partial charge in [0.1, 0.15) is 158 Å². The van der Waals surface area contributed by atoms with Crippen LogP contribution in [0.1, 0.15) is 120 Å². The van der Waals surface area contributed by atoms with E-state index in [0.29, 0.717) is 38.5 Å². The molecule has 670 valence electrons. The lowest BCUT2D eigenvalue weighted by Crippen LogP contribution is -2.69. The van der Waals surface area contributed by atoms with E-state index in [9.17, 15) is 122 Å². The van der Waals surface area contributed by atoms with Gasteiger partial charge in [-0.05, 0) is 118 Å².